The van der Waals surface area contributed by atoms with Gasteiger partial charge in [0.15, 0.2) is 0 Å². The van der Waals surface area contributed by atoms with Crippen molar-refractivity contribution < 1.29 is 9.59 Å². The fourth-order valence-corrected chi connectivity index (χ4v) is 3.87. The lowest BCUT2D eigenvalue weighted by Crippen LogP contribution is -2.28. The molecule has 0 spiro atoms. The number of hydrogen-bond donors (Lipinski definition) is 2. The first-order chi connectivity index (χ1) is 13.6. The quantitative estimate of drug-likeness (QED) is 0.627. The molecule has 1 heterocycles. The predicted molar refractivity (Wildman–Crippen MR) is 113 cm³/mol. The van der Waals surface area contributed by atoms with E-state index in [9.17, 15) is 9.59 Å². The van der Waals surface area contributed by atoms with E-state index in [4.69, 9.17) is 0 Å². The highest BCUT2D eigenvalue weighted by molar-refractivity contribution is 7.18. The van der Waals surface area contributed by atoms with Gasteiger partial charge in [0.25, 0.3) is 5.91 Å². The molecule has 2 amide bonds. The topological polar surface area (TPSA) is 58.2 Å². The molecule has 2 N–H and O–H groups in total. The molecule has 4 nitrogen and oxygen atoms in total. The number of carbonyl (C=O) groups excluding carboxylic acids is 2. The number of thiophene rings is 1. The molecule has 142 valence electrons. The molecule has 1 fully saturated rings. The SMILES string of the molecule is Cc1ccc(C(NC(=O)c2ccc(NC(=O)C3CC3)s2)c2ccccc2)cc1. The molecule has 0 saturated heterocycles. The van der Waals surface area contributed by atoms with Crippen molar-refractivity contribution in [2.45, 2.75) is 25.8 Å². The predicted octanol–water partition coefficient (Wildman–Crippen LogP) is 4.92. The van der Waals surface area contributed by atoms with Gasteiger partial charge in [-0.1, -0.05) is 60.2 Å². The summed E-state index contributed by atoms with van der Waals surface area (Å²) >= 11 is 1.31. The maximum absolute atomic E-state index is 12.9. The highest BCUT2D eigenvalue weighted by atomic mass is 32.1. The molecule has 1 aromatic heterocycles. The molecule has 28 heavy (non-hydrogen) atoms. The van der Waals surface area contributed by atoms with Gasteiger partial charge >= 0.3 is 0 Å². The van der Waals surface area contributed by atoms with Crippen LogP contribution >= 0.6 is 11.3 Å². The van der Waals surface area contributed by atoms with Gasteiger partial charge in [-0.2, -0.15) is 0 Å². The standard InChI is InChI=1S/C23H22N2O2S/c1-15-7-9-17(10-8-15)21(16-5-3-2-4-6-16)25-23(27)19-13-14-20(28-19)24-22(26)18-11-12-18/h2-10,13-14,18,21H,11-12H2,1H3,(H,24,26)(H,25,27). The van der Waals surface area contributed by atoms with Gasteiger partial charge in [-0.25, -0.2) is 0 Å². The lowest BCUT2D eigenvalue weighted by Gasteiger charge is -2.19. The van der Waals surface area contributed by atoms with Gasteiger partial charge in [-0.3, -0.25) is 9.59 Å². The minimum absolute atomic E-state index is 0.0515. The zero-order valence-corrected chi connectivity index (χ0v) is 16.5. The van der Waals surface area contributed by atoms with E-state index < -0.39 is 0 Å². The van der Waals surface area contributed by atoms with E-state index in [1.807, 2.05) is 61.5 Å². The number of rotatable bonds is 6. The molecule has 2 aromatic carbocycles. The summed E-state index contributed by atoms with van der Waals surface area (Å²) in [5.41, 5.74) is 3.23. The van der Waals surface area contributed by atoms with E-state index in [0.29, 0.717) is 9.88 Å². The Kier molecular flexibility index (Phi) is 5.26. The minimum Gasteiger partial charge on any atom is -0.340 e. The first-order valence-electron chi connectivity index (χ1n) is 9.43. The molecule has 4 rings (SSSR count). The summed E-state index contributed by atoms with van der Waals surface area (Å²) in [5, 5.41) is 6.76. The molecule has 5 heteroatoms. The van der Waals surface area contributed by atoms with Gasteiger partial charge in [-0.05, 0) is 43.0 Å². The molecular weight excluding hydrogens is 368 g/mol. The van der Waals surface area contributed by atoms with Crippen LogP contribution in [-0.4, -0.2) is 11.8 Å². The summed E-state index contributed by atoms with van der Waals surface area (Å²) < 4.78 is 0. The second-order valence-corrected chi connectivity index (χ2v) is 8.24. The Labute approximate surface area is 168 Å². The maximum atomic E-state index is 12.9. The zero-order valence-electron chi connectivity index (χ0n) is 15.6. The van der Waals surface area contributed by atoms with Crippen molar-refractivity contribution in [2.75, 3.05) is 5.32 Å². The second kappa shape index (κ2) is 7.98. The van der Waals surface area contributed by atoms with E-state index in [1.54, 1.807) is 12.1 Å². The second-order valence-electron chi connectivity index (χ2n) is 7.16. The third-order valence-electron chi connectivity index (χ3n) is 4.84. The Morgan fingerprint density at radius 2 is 1.61 bits per heavy atom. The first kappa shape index (κ1) is 18.4. The van der Waals surface area contributed by atoms with E-state index >= 15 is 0 Å². The third-order valence-corrected chi connectivity index (χ3v) is 5.84. The van der Waals surface area contributed by atoms with Crippen molar-refractivity contribution in [3.63, 3.8) is 0 Å². The van der Waals surface area contributed by atoms with Crippen molar-refractivity contribution >= 4 is 28.2 Å². The van der Waals surface area contributed by atoms with Crippen LogP contribution in [0.1, 0.15) is 45.2 Å². The first-order valence-corrected chi connectivity index (χ1v) is 10.2. The Morgan fingerprint density at radius 3 is 2.29 bits per heavy atom. The van der Waals surface area contributed by atoms with Crippen LogP contribution in [0.3, 0.4) is 0 Å². The number of amides is 2. The Bertz CT molecular complexity index is 975. The maximum Gasteiger partial charge on any atom is 0.262 e. The van der Waals surface area contributed by atoms with Gasteiger partial charge < -0.3 is 10.6 Å². The number of carbonyl (C=O) groups is 2. The molecule has 3 aromatic rings. The van der Waals surface area contributed by atoms with E-state index in [0.717, 1.165) is 24.0 Å². The van der Waals surface area contributed by atoms with Crippen LogP contribution in [-0.2, 0) is 4.79 Å². The molecule has 1 unspecified atom stereocenters. The highest BCUT2D eigenvalue weighted by Gasteiger charge is 2.30. The van der Waals surface area contributed by atoms with Crippen LogP contribution in [0.15, 0.2) is 66.7 Å². The number of hydrogen-bond acceptors (Lipinski definition) is 3. The van der Waals surface area contributed by atoms with Crippen molar-refractivity contribution in [3.8, 4) is 0 Å². The summed E-state index contributed by atoms with van der Waals surface area (Å²) in [6.45, 7) is 2.04. The Morgan fingerprint density at radius 1 is 0.929 bits per heavy atom. The van der Waals surface area contributed by atoms with Crippen LogP contribution in [0, 0.1) is 12.8 Å². The van der Waals surface area contributed by atoms with Crippen LogP contribution in [0.5, 0.6) is 0 Å². The third kappa shape index (κ3) is 4.31. The molecule has 0 bridgehead atoms. The molecule has 1 aliphatic rings. The normalized spacial score (nSPS) is 14.3. The van der Waals surface area contributed by atoms with Crippen LogP contribution < -0.4 is 10.6 Å². The smallest absolute Gasteiger partial charge is 0.262 e. The summed E-state index contributed by atoms with van der Waals surface area (Å²) in [6.07, 6.45) is 1.92. The monoisotopic (exact) mass is 390 g/mol. The molecule has 1 atom stereocenters. The van der Waals surface area contributed by atoms with Crippen molar-refractivity contribution in [1.82, 2.24) is 5.32 Å². The van der Waals surface area contributed by atoms with Crippen LogP contribution in [0.4, 0.5) is 5.00 Å². The van der Waals surface area contributed by atoms with Gasteiger partial charge in [0, 0.05) is 5.92 Å². The average Bonchev–Trinajstić information content (AvgIpc) is 3.47. The highest BCUT2D eigenvalue weighted by Crippen LogP contribution is 2.32. The Hall–Kier alpha value is -2.92. The van der Waals surface area contributed by atoms with Crippen molar-refractivity contribution in [2.24, 2.45) is 5.92 Å². The van der Waals surface area contributed by atoms with Gasteiger partial charge in [0.1, 0.15) is 0 Å². The fourth-order valence-electron chi connectivity index (χ4n) is 3.06. The van der Waals surface area contributed by atoms with E-state index in [1.165, 1.54) is 16.9 Å². The summed E-state index contributed by atoms with van der Waals surface area (Å²) in [7, 11) is 0. The summed E-state index contributed by atoms with van der Waals surface area (Å²) in [5.74, 6) is 0.0466. The van der Waals surface area contributed by atoms with Crippen LogP contribution in [0.2, 0.25) is 0 Å². The number of anilines is 1. The van der Waals surface area contributed by atoms with Gasteiger partial charge in [0.2, 0.25) is 5.91 Å². The largest absolute Gasteiger partial charge is 0.340 e. The minimum atomic E-state index is -0.235. The molecule has 1 saturated carbocycles. The van der Waals surface area contributed by atoms with E-state index in [2.05, 4.69) is 10.6 Å². The Balaban J connectivity index is 1.53. The number of aryl methyl sites for hydroxylation is 1. The summed E-state index contributed by atoms with van der Waals surface area (Å²) in [6, 6.07) is 21.4. The van der Waals surface area contributed by atoms with E-state index in [-0.39, 0.29) is 23.8 Å². The van der Waals surface area contributed by atoms with Crippen LogP contribution in [0.25, 0.3) is 0 Å². The molecular formula is C23H22N2O2S. The lowest BCUT2D eigenvalue weighted by molar-refractivity contribution is -0.117. The number of benzene rings is 2. The zero-order chi connectivity index (χ0) is 19.5. The summed E-state index contributed by atoms with van der Waals surface area (Å²) in [4.78, 5) is 25.4. The van der Waals surface area contributed by atoms with Gasteiger partial charge in [0.05, 0.1) is 15.9 Å². The lowest BCUT2D eigenvalue weighted by atomic mass is 9.98. The molecule has 0 aliphatic heterocycles. The van der Waals surface area contributed by atoms with Crippen molar-refractivity contribution in [3.05, 3.63) is 88.3 Å². The van der Waals surface area contributed by atoms with Crippen molar-refractivity contribution in [1.29, 1.82) is 0 Å². The fraction of sp³-hybridized carbons (Fsp3) is 0.217. The average molecular weight is 391 g/mol. The number of nitrogens with one attached hydrogen (secondary N) is 2. The van der Waals surface area contributed by atoms with Gasteiger partial charge in [-0.15, -0.1) is 11.3 Å². The molecule has 1 aliphatic carbocycles. The molecule has 0 radical (unpaired) electrons.